The largest absolute Gasteiger partial charge is 0.383 e. The maximum Gasteiger partial charge on any atom is 0.263 e. The monoisotopic (exact) mass is 459 g/mol. The zero-order valence-corrected chi connectivity index (χ0v) is 19.0. The van der Waals surface area contributed by atoms with Gasteiger partial charge in [-0.2, -0.15) is 4.31 Å². The molecule has 0 heterocycles. The van der Waals surface area contributed by atoms with Crippen molar-refractivity contribution in [1.29, 1.82) is 0 Å². The van der Waals surface area contributed by atoms with Crippen molar-refractivity contribution in [3.8, 4) is 0 Å². The van der Waals surface area contributed by atoms with E-state index in [1.165, 1.54) is 28.6 Å². The first-order chi connectivity index (χ1) is 13.7. The lowest BCUT2D eigenvalue weighted by atomic mass is 10.2. The van der Waals surface area contributed by atoms with E-state index in [1.54, 1.807) is 32.0 Å². The van der Waals surface area contributed by atoms with E-state index in [-0.39, 0.29) is 20.5 Å². The Bertz CT molecular complexity index is 1050. The van der Waals surface area contributed by atoms with Crippen LogP contribution in [0.1, 0.15) is 27.2 Å². The van der Waals surface area contributed by atoms with Crippen LogP contribution in [0.5, 0.6) is 0 Å². The van der Waals surface area contributed by atoms with Gasteiger partial charge in [-0.25, -0.2) is 16.8 Å². The van der Waals surface area contributed by atoms with Gasteiger partial charge in [0.05, 0.1) is 21.3 Å². The average Bonchev–Trinajstić information content (AvgIpc) is 2.67. The molecule has 0 aliphatic carbocycles. The summed E-state index contributed by atoms with van der Waals surface area (Å²) < 4.78 is 55.3. The molecule has 0 saturated heterocycles. The molecule has 0 aromatic heterocycles. The minimum absolute atomic E-state index is 0.0140. The van der Waals surface area contributed by atoms with Gasteiger partial charge in [0.15, 0.2) is 0 Å². The summed E-state index contributed by atoms with van der Waals surface area (Å²) in [5.41, 5.74) is 0.632. The molecule has 7 nitrogen and oxygen atoms in total. The molecule has 2 rings (SSSR count). The number of nitrogens with one attached hydrogen (secondary N) is 2. The highest BCUT2D eigenvalue weighted by molar-refractivity contribution is 7.93. The molecule has 29 heavy (non-hydrogen) atoms. The Labute approximate surface area is 178 Å². The van der Waals surface area contributed by atoms with Crippen molar-refractivity contribution in [3.05, 3.63) is 47.5 Å². The van der Waals surface area contributed by atoms with E-state index in [1.807, 2.05) is 6.92 Å². The van der Waals surface area contributed by atoms with Crippen LogP contribution in [0.15, 0.2) is 52.3 Å². The Morgan fingerprint density at radius 3 is 2.17 bits per heavy atom. The summed E-state index contributed by atoms with van der Waals surface area (Å²) in [6, 6.07) is 10.4. The molecule has 10 heteroatoms. The lowest BCUT2D eigenvalue weighted by Crippen LogP contribution is -2.30. The van der Waals surface area contributed by atoms with Crippen LogP contribution in [0, 0.1) is 0 Å². The minimum atomic E-state index is -4.02. The van der Waals surface area contributed by atoms with Crippen molar-refractivity contribution in [2.75, 3.05) is 29.7 Å². The number of benzene rings is 2. The van der Waals surface area contributed by atoms with E-state index >= 15 is 0 Å². The van der Waals surface area contributed by atoms with Crippen LogP contribution >= 0.6 is 11.6 Å². The summed E-state index contributed by atoms with van der Waals surface area (Å²) in [7, 11) is -7.76. The molecule has 0 saturated carbocycles. The second-order valence-electron chi connectivity index (χ2n) is 6.26. The first kappa shape index (κ1) is 23.5. The van der Waals surface area contributed by atoms with Gasteiger partial charge >= 0.3 is 0 Å². The summed E-state index contributed by atoms with van der Waals surface area (Å²) in [6.45, 7) is 6.70. The fourth-order valence-electron chi connectivity index (χ4n) is 2.76. The van der Waals surface area contributed by atoms with Gasteiger partial charge in [-0.3, -0.25) is 4.72 Å². The van der Waals surface area contributed by atoms with Crippen molar-refractivity contribution in [1.82, 2.24) is 4.31 Å². The first-order valence-corrected chi connectivity index (χ1v) is 12.6. The normalized spacial score (nSPS) is 12.2. The predicted molar refractivity (Wildman–Crippen MR) is 118 cm³/mol. The summed E-state index contributed by atoms with van der Waals surface area (Å²) in [6.07, 6.45) is 0.816. The quantitative estimate of drug-likeness (QED) is 0.560. The van der Waals surface area contributed by atoms with Crippen LogP contribution in [-0.2, 0) is 20.0 Å². The van der Waals surface area contributed by atoms with Crippen LogP contribution in [-0.4, -0.2) is 40.8 Å². The fourth-order valence-corrected chi connectivity index (χ4v) is 5.83. The number of hydrogen-bond acceptors (Lipinski definition) is 5. The van der Waals surface area contributed by atoms with Gasteiger partial charge in [-0.15, -0.1) is 0 Å². The fraction of sp³-hybridized carbons (Fsp3) is 0.368. The van der Waals surface area contributed by atoms with Crippen LogP contribution in [0.3, 0.4) is 0 Å². The SMILES string of the molecule is CCCNc1ccc(S(=O)(=O)N(CC)CC)cc1NS(=O)(=O)c1ccccc1Cl. The van der Waals surface area contributed by atoms with E-state index in [0.717, 1.165) is 6.42 Å². The number of anilines is 2. The van der Waals surface area contributed by atoms with Gasteiger partial charge in [0, 0.05) is 19.6 Å². The predicted octanol–water partition coefficient (Wildman–Crippen LogP) is 3.99. The smallest absolute Gasteiger partial charge is 0.263 e. The Kier molecular flexibility index (Phi) is 7.93. The van der Waals surface area contributed by atoms with Crippen LogP contribution in [0.4, 0.5) is 11.4 Å². The Morgan fingerprint density at radius 1 is 0.931 bits per heavy atom. The first-order valence-electron chi connectivity index (χ1n) is 9.32. The van der Waals surface area contributed by atoms with Gasteiger partial charge < -0.3 is 5.32 Å². The zero-order valence-electron chi connectivity index (χ0n) is 16.6. The van der Waals surface area contributed by atoms with Crippen molar-refractivity contribution >= 4 is 43.0 Å². The molecule has 0 bridgehead atoms. The van der Waals surface area contributed by atoms with E-state index in [9.17, 15) is 16.8 Å². The van der Waals surface area contributed by atoms with Crippen LogP contribution in [0.25, 0.3) is 0 Å². The molecule has 0 atom stereocenters. The summed E-state index contributed by atoms with van der Waals surface area (Å²) in [4.78, 5) is -0.0692. The number of rotatable bonds is 10. The van der Waals surface area contributed by atoms with Gasteiger partial charge in [-0.05, 0) is 36.8 Å². The Hall–Kier alpha value is -1.81. The van der Waals surface area contributed by atoms with Gasteiger partial charge in [0.1, 0.15) is 4.90 Å². The average molecular weight is 460 g/mol. The maximum absolute atomic E-state index is 12.9. The van der Waals surface area contributed by atoms with E-state index in [4.69, 9.17) is 11.6 Å². The molecule has 0 amide bonds. The topological polar surface area (TPSA) is 95.6 Å². The summed E-state index contributed by atoms with van der Waals surface area (Å²) in [5.74, 6) is 0. The van der Waals surface area contributed by atoms with Crippen molar-refractivity contribution < 1.29 is 16.8 Å². The van der Waals surface area contributed by atoms with Gasteiger partial charge in [-0.1, -0.05) is 44.5 Å². The highest BCUT2D eigenvalue weighted by atomic mass is 35.5. The molecular weight excluding hydrogens is 434 g/mol. The third kappa shape index (κ3) is 5.42. The molecule has 0 aliphatic heterocycles. The van der Waals surface area contributed by atoms with E-state index < -0.39 is 20.0 Å². The molecular formula is C19H26ClN3O4S2. The number of halogens is 1. The van der Waals surface area contributed by atoms with Gasteiger partial charge in [0.25, 0.3) is 10.0 Å². The number of hydrogen-bond donors (Lipinski definition) is 2. The number of nitrogens with zero attached hydrogens (tertiary/aromatic N) is 1. The Balaban J connectivity index is 2.54. The molecule has 0 radical (unpaired) electrons. The third-order valence-corrected chi connectivity index (χ3v) is 8.18. The molecule has 0 unspecified atom stereocenters. The summed E-state index contributed by atoms with van der Waals surface area (Å²) >= 11 is 6.04. The standard InChI is InChI=1S/C19H26ClN3O4S2/c1-4-13-21-17-12-11-15(29(26,27)23(5-2)6-3)14-18(17)22-28(24,25)19-10-8-7-9-16(19)20/h7-12,14,21-22H,4-6,13H2,1-3H3. The van der Waals surface area contributed by atoms with Crippen molar-refractivity contribution in [3.63, 3.8) is 0 Å². The molecule has 0 fully saturated rings. The maximum atomic E-state index is 12.9. The molecule has 0 spiro atoms. The van der Waals surface area contributed by atoms with Crippen molar-refractivity contribution in [2.24, 2.45) is 0 Å². The molecule has 2 aromatic rings. The molecule has 2 N–H and O–H groups in total. The second-order valence-corrected chi connectivity index (χ2v) is 10.3. The molecule has 0 aliphatic rings. The van der Waals surface area contributed by atoms with Crippen molar-refractivity contribution in [2.45, 2.75) is 37.0 Å². The second kappa shape index (κ2) is 9.80. The van der Waals surface area contributed by atoms with E-state index in [0.29, 0.717) is 25.3 Å². The van der Waals surface area contributed by atoms with Gasteiger partial charge in [0.2, 0.25) is 10.0 Å². The molecule has 160 valence electrons. The lowest BCUT2D eigenvalue weighted by molar-refractivity contribution is 0.445. The Morgan fingerprint density at radius 2 is 1.59 bits per heavy atom. The highest BCUT2D eigenvalue weighted by Gasteiger charge is 2.25. The van der Waals surface area contributed by atoms with Crippen LogP contribution < -0.4 is 10.0 Å². The minimum Gasteiger partial charge on any atom is -0.383 e. The third-order valence-electron chi connectivity index (χ3n) is 4.27. The van der Waals surface area contributed by atoms with E-state index in [2.05, 4.69) is 10.0 Å². The van der Waals surface area contributed by atoms with Crippen LogP contribution in [0.2, 0.25) is 5.02 Å². The lowest BCUT2D eigenvalue weighted by Gasteiger charge is -2.20. The number of sulfonamides is 2. The molecule has 2 aromatic carbocycles. The zero-order chi connectivity index (χ0) is 21.7. The highest BCUT2D eigenvalue weighted by Crippen LogP contribution is 2.31. The summed E-state index contributed by atoms with van der Waals surface area (Å²) in [5, 5.41) is 3.20.